The molecule has 142 valence electrons. The van der Waals surface area contributed by atoms with Crippen molar-refractivity contribution in [2.75, 3.05) is 5.12 Å². The summed E-state index contributed by atoms with van der Waals surface area (Å²) in [5.41, 5.74) is 12.8. The van der Waals surface area contributed by atoms with Crippen LogP contribution in [0.1, 0.15) is 11.1 Å². The minimum absolute atomic E-state index is 0.822. The van der Waals surface area contributed by atoms with Crippen molar-refractivity contribution in [3.63, 3.8) is 0 Å². The maximum absolute atomic E-state index is 4.97. The molecule has 0 aromatic heterocycles. The highest BCUT2D eigenvalue weighted by atomic mass is 15.8. The van der Waals surface area contributed by atoms with Gasteiger partial charge in [-0.1, -0.05) is 90.2 Å². The second-order valence-electron chi connectivity index (χ2n) is 7.25. The van der Waals surface area contributed by atoms with Crippen LogP contribution >= 0.6 is 0 Å². The molecule has 1 aliphatic carbocycles. The molecule has 4 aromatic carbocycles. The van der Waals surface area contributed by atoms with Crippen molar-refractivity contribution in [1.82, 2.24) is 0 Å². The Kier molecular flexibility index (Phi) is 3.74. The second kappa shape index (κ2) is 6.71. The summed E-state index contributed by atoms with van der Waals surface area (Å²) in [5.74, 6) is 0.822. The van der Waals surface area contributed by atoms with E-state index in [9.17, 15) is 0 Å². The van der Waals surface area contributed by atoms with E-state index in [1.165, 1.54) is 22.3 Å². The lowest BCUT2D eigenvalue weighted by atomic mass is 10.0. The summed E-state index contributed by atoms with van der Waals surface area (Å²) < 4.78 is 1.93. The average molecular weight is 386 g/mol. The molecule has 0 unspecified atom stereocenters. The van der Waals surface area contributed by atoms with Gasteiger partial charge in [-0.05, 0) is 46.5 Å². The molecule has 0 saturated carbocycles. The van der Waals surface area contributed by atoms with Crippen LogP contribution in [0.2, 0.25) is 0 Å². The molecule has 30 heavy (non-hydrogen) atoms. The summed E-state index contributed by atoms with van der Waals surface area (Å²) >= 11 is 0. The number of anilines is 1. The minimum atomic E-state index is 0.822. The number of fused-ring (bicyclic) bond motifs is 3. The van der Waals surface area contributed by atoms with Crippen molar-refractivity contribution >= 4 is 16.9 Å². The van der Waals surface area contributed by atoms with Crippen LogP contribution in [0.3, 0.4) is 0 Å². The first kappa shape index (κ1) is 16.7. The lowest BCUT2D eigenvalue weighted by Crippen LogP contribution is -2.04. The first-order valence-electron chi connectivity index (χ1n) is 9.97. The zero-order valence-corrected chi connectivity index (χ0v) is 16.2. The predicted molar refractivity (Wildman–Crippen MR) is 119 cm³/mol. The highest BCUT2D eigenvalue weighted by Crippen LogP contribution is 2.48. The molecular formula is C26H18N4. The van der Waals surface area contributed by atoms with Gasteiger partial charge in [-0.2, -0.15) is 4.70 Å². The van der Waals surface area contributed by atoms with Crippen LogP contribution in [0.5, 0.6) is 0 Å². The lowest BCUT2D eigenvalue weighted by Gasteiger charge is -2.12. The van der Waals surface area contributed by atoms with E-state index < -0.39 is 0 Å². The first-order chi connectivity index (χ1) is 14.9. The van der Waals surface area contributed by atoms with Crippen LogP contribution < -0.4 is 5.12 Å². The normalized spacial score (nSPS) is 14.3. The molecule has 6 rings (SSSR count). The van der Waals surface area contributed by atoms with Crippen LogP contribution in [-0.4, -0.2) is 4.70 Å². The van der Waals surface area contributed by atoms with Crippen molar-refractivity contribution in [2.24, 2.45) is 5.22 Å². The Morgan fingerprint density at radius 3 is 1.67 bits per heavy atom. The molecule has 0 spiro atoms. The summed E-state index contributed by atoms with van der Waals surface area (Å²) in [7, 11) is 0. The molecule has 4 heteroatoms. The van der Waals surface area contributed by atoms with Crippen molar-refractivity contribution in [2.45, 2.75) is 0 Å². The zero-order valence-electron chi connectivity index (χ0n) is 16.2. The van der Waals surface area contributed by atoms with E-state index in [0.717, 1.165) is 22.8 Å². The third-order valence-corrected chi connectivity index (χ3v) is 5.46. The molecule has 0 amide bonds. The molecule has 0 saturated heterocycles. The van der Waals surface area contributed by atoms with E-state index in [2.05, 4.69) is 60.7 Å². The maximum Gasteiger partial charge on any atom is 0.186 e. The number of para-hydroxylation sites is 2. The first-order valence-corrected chi connectivity index (χ1v) is 9.97. The standard InChI is InChI=1S/C26H18N4/c1-3-11-19(12-4-1)29-26(27-30(28-29)20-13-5-2-6-14-20)25-23-17-9-7-15-21(23)22-16-8-10-18-24(22)25/h1-18H. The van der Waals surface area contributed by atoms with Gasteiger partial charge in [0.25, 0.3) is 0 Å². The smallest absolute Gasteiger partial charge is 0.186 e. The Labute approximate surface area is 175 Å². The van der Waals surface area contributed by atoms with E-state index in [4.69, 9.17) is 10.6 Å². The number of hydrogen-bond acceptors (Lipinski definition) is 2. The van der Waals surface area contributed by atoms with E-state index >= 15 is 0 Å². The SMILES string of the molecule is c1ccc(N2N=[N+](c3ccccc3)C(=C3c4ccccc4-c4ccccc43)[N-]2)cc1. The molecule has 0 N–H and O–H groups in total. The number of benzene rings is 4. The number of nitrogens with zero attached hydrogens (tertiary/aromatic N) is 4. The van der Waals surface area contributed by atoms with Crippen LogP contribution in [0.25, 0.3) is 22.1 Å². The van der Waals surface area contributed by atoms with Crippen LogP contribution in [0.4, 0.5) is 11.4 Å². The highest BCUT2D eigenvalue weighted by Gasteiger charge is 2.32. The van der Waals surface area contributed by atoms with E-state index in [1.54, 1.807) is 5.12 Å². The van der Waals surface area contributed by atoms with Gasteiger partial charge in [-0.15, -0.1) is 10.5 Å². The Hall–Kier alpha value is -4.18. The highest BCUT2D eigenvalue weighted by molar-refractivity contribution is 6.02. The molecule has 0 bridgehead atoms. The van der Waals surface area contributed by atoms with Gasteiger partial charge in [0.1, 0.15) is 0 Å². The second-order valence-corrected chi connectivity index (χ2v) is 7.25. The fourth-order valence-electron chi connectivity index (χ4n) is 4.11. The Morgan fingerprint density at radius 2 is 1.07 bits per heavy atom. The van der Waals surface area contributed by atoms with Gasteiger partial charge in [0.05, 0.1) is 11.4 Å². The van der Waals surface area contributed by atoms with Gasteiger partial charge in [0.15, 0.2) is 5.82 Å². The Bertz CT molecular complexity index is 1260. The fraction of sp³-hybridized carbons (Fsp3) is 0. The topological polar surface area (TPSA) is 32.7 Å². The third kappa shape index (κ3) is 2.54. The molecular weight excluding hydrogens is 368 g/mol. The van der Waals surface area contributed by atoms with Crippen molar-refractivity contribution in [1.29, 1.82) is 0 Å². The quantitative estimate of drug-likeness (QED) is 0.304. The summed E-state index contributed by atoms with van der Waals surface area (Å²) in [6, 6.07) is 37.2. The lowest BCUT2D eigenvalue weighted by molar-refractivity contribution is -0.446. The van der Waals surface area contributed by atoms with Crippen LogP contribution in [0.15, 0.2) is 120 Å². The summed E-state index contributed by atoms with van der Waals surface area (Å²) in [5, 5.41) is 6.55. The van der Waals surface area contributed by atoms with Crippen LogP contribution in [-0.2, 0) is 0 Å². The molecule has 0 fully saturated rings. The van der Waals surface area contributed by atoms with E-state index in [0.29, 0.717) is 0 Å². The number of hydrogen-bond donors (Lipinski definition) is 0. The Balaban J connectivity index is 1.61. The molecule has 2 aliphatic rings. The molecule has 0 radical (unpaired) electrons. The van der Waals surface area contributed by atoms with Crippen LogP contribution in [0, 0.1) is 0 Å². The molecule has 4 nitrogen and oxygen atoms in total. The van der Waals surface area contributed by atoms with Gasteiger partial charge in [-0.25, -0.2) is 0 Å². The number of rotatable bonds is 2. The van der Waals surface area contributed by atoms with E-state index in [-0.39, 0.29) is 0 Å². The van der Waals surface area contributed by atoms with E-state index in [1.807, 2.05) is 53.2 Å². The van der Waals surface area contributed by atoms with Crippen molar-refractivity contribution in [3.8, 4) is 11.1 Å². The average Bonchev–Trinajstić information content (AvgIpc) is 3.40. The summed E-state index contributed by atoms with van der Waals surface area (Å²) in [6.07, 6.45) is 0. The zero-order chi connectivity index (χ0) is 19.9. The molecule has 0 atom stereocenters. The minimum Gasteiger partial charge on any atom is -0.194 e. The van der Waals surface area contributed by atoms with Gasteiger partial charge in [0, 0.05) is 5.57 Å². The van der Waals surface area contributed by atoms with Gasteiger partial charge in [-0.3, -0.25) is 0 Å². The molecule has 4 aromatic rings. The van der Waals surface area contributed by atoms with Gasteiger partial charge >= 0.3 is 0 Å². The van der Waals surface area contributed by atoms with Gasteiger partial charge < -0.3 is 0 Å². The largest absolute Gasteiger partial charge is 0.194 e. The fourth-order valence-corrected chi connectivity index (χ4v) is 4.11. The predicted octanol–water partition coefficient (Wildman–Crippen LogP) is 6.90. The summed E-state index contributed by atoms with van der Waals surface area (Å²) in [4.78, 5) is 0. The molecule has 1 heterocycles. The Morgan fingerprint density at radius 1 is 0.567 bits per heavy atom. The van der Waals surface area contributed by atoms with Crippen molar-refractivity contribution < 1.29 is 4.70 Å². The molecule has 1 aliphatic heterocycles. The third-order valence-electron chi connectivity index (χ3n) is 5.46. The monoisotopic (exact) mass is 386 g/mol. The van der Waals surface area contributed by atoms with Gasteiger partial charge in [0.2, 0.25) is 0 Å². The maximum atomic E-state index is 4.97. The van der Waals surface area contributed by atoms with Crippen molar-refractivity contribution in [3.05, 3.63) is 132 Å². The summed E-state index contributed by atoms with van der Waals surface area (Å²) in [6.45, 7) is 0.